The molecule has 2 rings (SSSR count). The fourth-order valence-corrected chi connectivity index (χ4v) is 2.56. The molecule has 0 aliphatic rings. The minimum Gasteiger partial charge on any atom is -0.273 e. The third-order valence-corrected chi connectivity index (χ3v) is 4.09. The number of nitrogens with zero attached hydrogens (tertiary/aromatic N) is 2. The molecule has 0 heterocycles. The second-order valence-corrected chi connectivity index (χ2v) is 6.13. The summed E-state index contributed by atoms with van der Waals surface area (Å²) in [6.07, 6.45) is 1.48. The molecule has 0 aromatic heterocycles. The summed E-state index contributed by atoms with van der Waals surface area (Å²) in [6.45, 7) is 3.95. The minimum atomic E-state index is -0.306. The van der Waals surface area contributed by atoms with Crippen LogP contribution in [0.1, 0.15) is 50.7 Å². The summed E-state index contributed by atoms with van der Waals surface area (Å²) in [6, 6.07) is 19.3. The highest BCUT2D eigenvalue weighted by Gasteiger charge is 2.08. The van der Waals surface area contributed by atoms with Gasteiger partial charge in [0.25, 0.3) is 0 Å². The van der Waals surface area contributed by atoms with Gasteiger partial charge in [-0.3, -0.25) is 9.59 Å². The van der Waals surface area contributed by atoms with Crippen molar-refractivity contribution in [3.63, 3.8) is 0 Å². The maximum Gasteiger partial charge on any atom is 0.240 e. The van der Waals surface area contributed by atoms with E-state index in [0.29, 0.717) is 12.8 Å². The Labute approximate surface area is 165 Å². The van der Waals surface area contributed by atoms with E-state index in [1.165, 1.54) is 0 Å². The lowest BCUT2D eigenvalue weighted by atomic mass is 10.1. The van der Waals surface area contributed by atoms with Crippen molar-refractivity contribution < 1.29 is 9.59 Å². The first-order valence-corrected chi connectivity index (χ1v) is 9.45. The van der Waals surface area contributed by atoms with Gasteiger partial charge in [0.15, 0.2) is 0 Å². The molecule has 2 aromatic rings. The molecule has 0 aliphatic heterocycles. The van der Waals surface area contributed by atoms with E-state index < -0.39 is 0 Å². The molecule has 6 nitrogen and oxygen atoms in total. The summed E-state index contributed by atoms with van der Waals surface area (Å²) in [5.74, 6) is -0.612. The van der Waals surface area contributed by atoms with E-state index in [4.69, 9.17) is 0 Å². The predicted molar refractivity (Wildman–Crippen MR) is 112 cm³/mol. The monoisotopic (exact) mass is 378 g/mol. The van der Waals surface area contributed by atoms with Gasteiger partial charge in [-0.05, 0) is 24.0 Å². The number of hydrogen-bond donors (Lipinski definition) is 2. The highest BCUT2D eigenvalue weighted by atomic mass is 16.2. The molecule has 0 unspecified atom stereocenters. The van der Waals surface area contributed by atoms with Crippen LogP contribution in [-0.4, -0.2) is 23.2 Å². The zero-order valence-corrected chi connectivity index (χ0v) is 16.3. The molecule has 0 saturated carbocycles. The summed E-state index contributed by atoms with van der Waals surface area (Å²) < 4.78 is 0. The molecule has 0 bridgehead atoms. The van der Waals surface area contributed by atoms with Crippen LogP contribution in [0, 0.1) is 0 Å². The van der Waals surface area contributed by atoms with Crippen molar-refractivity contribution in [3.8, 4) is 0 Å². The van der Waals surface area contributed by atoms with Gasteiger partial charge < -0.3 is 0 Å². The van der Waals surface area contributed by atoms with Gasteiger partial charge in [0.2, 0.25) is 11.8 Å². The van der Waals surface area contributed by atoms with Crippen LogP contribution < -0.4 is 10.9 Å². The summed E-state index contributed by atoms with van der Waals surface area (Å²) in [5, 5.41) is 8.35. The fourth-order valence-electron chi connectivity index (χ4n) is 2.56. The first-order valence-electron chi connectivity index (χ1n) is 9.45. The van der Waals surface area contributed by atoms with Gasteiger partial charge >= 0.3 is 0 Å². The van der Waals surface area contributed by atoms with Crippen LogP contribution in [0.4, 0.5) is 0 Å². The predicted octanol–water partition coefficient (Wildman–Crippen LogP) is 3.63. The van der Waals surface area contributed by atoms with Crippen molar-refractivity contribution >= 4 is 23.2 Å². The van der Waals surface area contributed by atoms with Crippen LogP contribution in [0.3, 0.4) is 0 Å². The van der Waals surface area contributed by atoms with Crippen molar-refractivity contribution in [3.05, 3.63) is 71.8 Å². The highest BCUT2D eigenvalue weighted by Crippen LogP contribution is 2.05. The number of benzene rings is 2. The van der Waals surface area contributed by atoms with Gasteiger partial charge in [-0.2, -0.15) is 10.2 Å². The van der Waals surface area contributed by atoms with Gasteiger partial charge in [0.05, 0.1) is 11.4 Å². The molecule has 2 amide bonds. The Hall–Kier alpha value is -3.28. The topological polar surface area (TPSA) is 82.9 Å². The molecule has 0 fully saturated rings. The van der Waals surface area contributed by atoms with Crippen molar-refractivity contribution in [2.45, 2.75) is 39.5 Å². The molecule has 0 radical (unpaired) electrons. The molecule has 6 heteroatoms. The molecule has 0 atom stereocenters. The van der Waals surface area contributed by atoms with E-state index in [2.05, 4.69) is 21.1 Å². The molecule has 2 aromatic carbocycles. The zero-order valence-electron chi connectivity index (χ0n) is 16.3. The number of rotatable bonds is 9. The number of carbonyl (C=O) groups excluding carboxylic acids is 2. The second kappa shape index (κ2) is 11.4. The Kier molecular flexibility index (Phi) is 8.59. The molecule has 146 valence electrons. The Balaban J connectivity index is 1.82. The highest BCUT2D eigenvalue weighted by molar-refractivity contribution is 6.01. The molecule has 0 spiro atoms. The maximum absolute atomic E-state index is 12.0. The fraction of sp³-hybridized carbons (Fsp3) is 0.273. The molecule has 0 saturated heterocycles. The lowest BCUT2D eigenvalue weighted by molar-refractivity contribution is -0.126. The van der Waals surface area contributed by atoms with Crippen molar-refractivity contribution in [1.82, 2.24) is 10.9 Å². The summed E-state index contributed by atoms with van der Waals surface area (Å²) >= 11 is 0. The van der Waals surface area contributed by atoms with E-state index in [1.807, 2.05) is 74.5 Å². The van der Waals surface area contributed by atoms with Gasteiger partial charge in [-0.25, -0.2) is 10.9 Å². The third-order valence-electron chi connectivity index (χ3n) is 4.09. The largest absolute Gasteiger partial charge is 0.273 e. The molecule has 2 N–H and O–H groups in total. The second-order valence-electron chi connectivity index (χ2n) is 6.13. The third kappa shape index (κ3) is 6.79. The average Bonchev–Trinajstić information content (AvgIpc) is 2.74. The number of amides is 2. The average molecular weight is 378 g/mol. The Bertz CT molecular complexity index is 759. The van der Waals surface area contributed by atoms with Crippen molar-refractivity contribution in [2.24, 2.45) is 10.2 Å². The summed E-state index contributed by atoms with van der Waals surface area (Å²) in [5.41, 5.74) is 8.55. The van der Waals surface area contributed by atoms with E-state index in [9.17, 15) is 9.59 Å². The molecule has 28 heavy (non-hydrogen) atoms. The summed E-state index contributed by atoms with van der Waals surface area (Å²) in [7, 11) is 0. The number of carbonyl (C=O) groups is 2. The van der Waals surface area contributed by atoms with Crippen LogP contribution in [0.25, 0.3) is 0 Å². The minimum absolute atomic E-state index is 0.0451. The Morgan fingerprint density at radius 1 is 0.679 bits per heavy atom. The smallest absolute Gasteiger partial charge is 0.240 e. The molecular formula is C22H26N4O2. The van der Waals surface area contributed by atoms with E-state index >= 15 is 0 Å². The van der Waals surface area contributed by atoms with Gasteiger partial charge in [-0.15, -0.1) is 0 Å². The standard InChI is InChI=1S/C22H26N4O2/c1-3-19(17-11-7-5-8-12-17)23-25-21(27)15-16-22(28)26-24-20(4-2)18-13-9-6-10-14-18/h5-14H,3-4,15-16H2,1-2H3,(H,25,27)(H,26,28)/b23-19-,24-20-. The summed E-state index contributed by atoms with van der Waals surface area (Å²) in [4.78, 5) is 24.0. The van der Waals surface area contributed by atoms with Crippen LogP contribution >= 0.6 is 0 Å². The number of hydrazone groups is 2. The Morgan fingerprint density at radius 3 is 1.36 bits per heavy atom. The van der Waals surface area contributed by atoms with Crippen molar-refractivity contribution in [2.75, 3.05) is 0 Å². The lowest BCUT2D eigenvalue weighted by Crippen LogP contribution is -2.24. The van der Waals surface area contributed by atoms with Crippen LogP contribution in [0.2, 0.25) is 0 Å². The normalized spacial score (nSPS) is 11.8. The van der Waals surface area contributed by atoms with E-state index in [0.717, 1.165) is 22.6 Å². The van der Waals surface area contributed by atoms with E-state index in [1.54, 1.807) is 0 Å². The van der Waals surface area contributed by atoms with Crippen LogP contribution in [0.5, 0.6) is 0 Å². The maximum atomic E-state index is 12.0. The van der Waals surface area contributed by atoms with Gasteiger partial charge in [0.1, 0.15) is 0 Å². The van der Waals surface area contributed by atoms with Crippen LogP contribution in [-0.2, 0) is 9.59 Å². The first-order chi connectivity index (χ1) is 13.6. The number of nitrogens with one attached hydrogen (secondary N) is 2. The number of hydrogen-bond acceptors (Lipinski definition) is 4. The lowest BCUT2D eigenvalue weighted by Gasteiger charge is -2.06. The van der Waals surface area contributed by atoms with Crippen LogP contribution in [0.15, 0.2) is 70.9 Å². The van der Waals surface area contributed by atoms with Gasteiger partial charge in [0, 0.05) is 12.8 Å². The Morgan fingerprint density at radius 2 is 1.04 bits per heavy atom. The molecular weight excluding hydrogens is 352 g/mol. The zero-order chi connectivity index (χ0) is 20.2. The quantitative estimate of drug-likeness (QED) is 0.516. The van der Waals surface area contributed by atoms with E-state index in [-0.39, 0.29) is 24.7 Å². The molecule has 0 aliphatic carbocycles. The van der Waals surface area contributed by atoms with Crippen molar-refractivity contribution in [1.29, 1.82) is 0 Å². The first kappa shape index (κ1) is 21.0. The SMILES string of the molecule is CC/C(=N/NC(=O)CCC(=O)N/N=C(/CC)c1ccccc1)c1ccccc1. The van der Waals surface area contributed by atoms with Gasteiger partial charge in [-0.1, -0.05) is 74.5 Å².